The molecule has 5 nitrogen and oxygen atoms in total. The summed E-state index contributed by atoms with van der Waals surface area (Å²) in [4.78, 5) is 32.0. The number of nitrogens with one attached hydrogen (secondary N) is 1. The van der Waals surface area contributed by atoms with E-state index in [1.54, 1.807) is 19.4 Å². The minimum Gasteiger partial charge on any atom is -0.359 e. The molecule has 0 aliphatic carbocycles. The summed E-state index contributed by atoms with van der Waals surface area (Å²) in [6.45, 7) is 3.09. The predicted octanol–water partition coefficient (Wildman–Crippen LogP) is 3.81. The van der Waals surface area contributed by atoms with Gasteiger partial charge in [0.1, 0.15) is 0 Å². The van der Waals surface area contributed by atoms with Crippen LogP contribution in [0.15, 0.2) is 73.1 Å². The highest BCUT2D eigenvalue weighted by Gasteiger charge is 2.45. The Morgan fingerprint density at radius 1 is 1.09 bits per heavy atom. The van der Waals surface area contributed by atoms with E-state index in [2.05, 4.69) is 53.6 Å². The number of carbonyl (C=O) groups is 2. The Kier molecular flexibility index (Phi) is 6.35. The zero-order chi connectivity index (χ0) is 22.6. The second-order valence-electron chi connectivity index (χ2n) is 8.67. The topological polar surface area (TPSA) is 62.3 Å². The lowest BCUT2D eigenvalue weighted by atomic mass is 9.78. The highest BCUT2D eigenvalue weighted by Crippen LogP contribution is 2.38. The lowest BCUT2D eigenvalue weighted by molar-refractivity contribution is -0.132. The van der Waals surface area contributed by atoms with E-state index in [-0.39, 0.29) is 11.8 Å². The average molecular weight is 428 g/mol. The SMILES string of the molecule is CNC(=O)C1(Cc2ccccc2-c2cccc(C)c2)CCN(C(=O)Cc2cccnc2)C1. The largest absolute Gasteiger partial charge is 0.359 e. The molecule has 1 atom stereocenters. The van der Waals surface area contributed by atoms with Gasteiger partial charge in [-0.2, -0.15) is 0 Å². The first kappa shape index (κ1) is 21.8. The van der Waals surface area contributed by atoms with Crippen LogP contribution in [0.2, 0.25) is 0 Å². The Morgan fingerprint density at radius 2 is 1.94 bits per heavy atom. The highest BCUT2D eigenvalue weighted by atomic mass is 16.2. The molecule has 1 aromatic heterocycles. The molecule has 3 aromatic rings. The van der Waals surface area contributed by atoms with Crippen LogP contribution in [0.25, 0.3) is 11.1 Å². The number of rotatable bonds is 6. The molecular formula is C27H29N3O2. The maximum Gasteiger partial charge on any atom is 0.228 e. The lowest BCUT2D eigenvalue weighted by Crippen LogP contribution is -2.44. The van der Waals surface area contributed by atoms with Crippen LogP contribution in [0.1, 0.15) is 23.1 Å². The number of aromatic nitrogens is 1. The molecule has 2 aromatic carbocycles. The second kappa shape index (κ2) is 9.35. The molecule has 4 rings (SSSR count). The van der Waals surface area contributed by atoms with Crippen molar-refractivity contribution in [2.45, 2.75) is 26.2 Å². The summed E-state index contributed by atoms with van der Waals surface area (Å²) in [5.74, 6) is 0.0315. The van der Waals surface area contributed by atoms with Gasteiger partial charge in [0.25, 0.3) is 0 Å². The molecule has 5 heteroatoms. The van der Waals surface area contributed by atoms with Gasteiger partial charge in [-0.1, -0.05) is 60.2 Å². The van der Waals surface area contributed by atoms with Crippen molar-refractivity contribution in [3.05, 3.63) is 89.7 Å². The molecule has 0 bridgehead atoms. The van der Waals surface area contributed by atoms with Crippen molar-refractivity contribution in [1.82, 2.24) is 15.2 Å². The molecule has 1 aliphatic rings. The number of carbonyl (C=O) groups excluding carboxylic acids is 2. The molecule has 0 saturated carbocycles. The molecule has 1 unspecified atom stereocenters. The van der Waals surface area contributed by atoms with Crippen LogP contribution in [0.5, 0.6) is 0 Å². The van der Waals surface area contributed by atoms with E-state index >= 15 is 0 Å². The van der Waals surface area contributed by atoms with Crippen molar-refractivity contribution in [3.63, 3.8) is 0 Å². The van der Waals surface area contributed by atoms with Crippen LogP contribution in [-0.2, 0) is 22.4 Å². The van der Waals surface area contributed by atoms with Gasteiger partial charge in [0, 0.05) is 32.5 Å². The third-order valence-electron chi connectivity index (χ3n) is 6.37. The minimum atomic E-state index is -0.640. The summed E-state index contributed by atoms with van der Waals surface area (Å²) in [6, 6.07) is 20.4. The van der Waals surface area contributed by atoms with E-state index in [1.807, 2.05) is 29.2 Å². The van der Waals surface area contributed by atoms with Gasteiger partial charge in [0.05, 0.1) is 11.8 Å². The van der Waals surface area contributed by atoms with E-state index in [4.69, 9.17) is 0 Å². The smallest absolute Gasteiger partial charge is 0.228 e. The number of nitrogens with zero attached hydrogens (tertiary/aromatic N) is 2. The zero-order valence-corrected chi connectivity index (χ0v) is 18.7. The molecule has 32 heavy (non-hydrogen) atoms. The van der Waals surface area contributed by atoms with Gasteiger partial charge in [-0.3, -0.25) is 14.6 Å². The van der Waals surface area contributed by atoms with E-state index in [9.17, 15) is 9.59 Å². The number of aryl methyl sites for hydroxylation is 1. The van der Waals surface area contributed by atoms with Gasteiger partial charge in [0.15, 0.2) is 0 Å². The summed E-state index contributed by atoms with van der Waals surface area (Å²) in [5, 5.41) is 2.86. The maximum absolute atomic E-state index is 13.1. The molecule has 2 amide bonds. The molecule has 1 fully saturated rings. The summed E-state index contributed by atoms with van der Waals surface area (Å²) < 4.78 is 0. The molecule has 2 heterocycles. The number of benzene rings is 2. The first-order valence-electron chi connectivity index (χ1n) is 11.0. The normalized spacial score (nSPS) is 17.9. The van der Waals surface area contributed by atoms with Crippen molar-refractivity contribution in [2.24, 2.45) is 5.41 Å². The number of likely N-dealkylation sites (tertiary alicyclic amines) is 1. The van der Waals surface area contributed by atoms with E-state index < -0.39 is 5.41 Å². The lowest BCUT2D eigenvalue weighted by Gasteiger charge is -2.29. The van der Waals surface area contributed by atoms with E-state index in [0.717, 1.165) is 22.3 Å². The van der Waals surface area contributed by atoms with Crippen LogP contribution in [0.3, 0.4) is 0 Å². The van der Waals surface area contributed by atoms with E-state index in [1.165, 1.54) is 5.56 Å². The molecule has 1 aliphatic heterocycles. The quantitative estimate of drug-likeness (QED) is 0.651. The molecule has 0 spiro atoms. The molecule has 0 radical (unpaired) electrons. The summed E-state index contributed by atoms with van der Waals surface area (Å²) in [6.07, 6.45) is 4.96. The molecule has 1 N–H and O–H groups in total. The van der Waals surface area contributed by atoms with Gasteiger partial charge in [-0.15, -0.1) is 0 Å². The summed E-state index contributed by atoms with van der Waals surface area (Å²) in [7, 11) is 1.68. The van der Waals surface area contributed by atoms with Gasteiger partial charge in [-0.05, 0) is 48.1 Å². The fraction of sp³-hybridized carbons (Fsp3) is 0.296. The summed E-state index contributed by atoms with van der Waals surface area (Å²) in [5.41, 5.74) is 4.86. The van der Waals surface area contributed by atoms with Gasteiger partial charge in [-0.25, -0.2) is 0 Å². The number of amides is 2. The monoisotopic (exact) mass is 427 g/mol. The van der Waals surface area contributed by atoms with Crippen molar-refractivity contribution in [1.29, 1.82) is 0 Å². The Bertz CT molecular complexity index is 1110. The fourth-order valence-corrected chi connectivity index (χ4v) is 4.68. The van der Waals surface area contributed by atoms with Crippen LogP contribution < -0.4 is 5.32 Å². The van der Waals surface area contributed by atoms with Crippen LogP contribution in [0.4, 0.5) is 0 Å². The highest BCUT2D eigenvalue weighted by molar-refractivity contribution is 5.86. The second-order valence-corrected chi connectivity index (χ2v) is 8.67. The van der Waals surface area contributed by atoms with Gasteiger partial charge in [0.2, 0.25) is 11.8 Å². The maximum atomic E-state index is 13.1. The standard InChI is InChI=1S/C27H29N3O2/c1-20-7-5-10-22(15-20)24-11-4-3-9-23(24)17-27(26(32)28-2)12-14-30(19-27)25(31)16-21-8-6-13-29-18-21/h3-11,13,15,18H,12,14,16-17,19H2,1-2H3,(H,28,32). The predicted molar refractivity (Wildman–Crippen MR) is 126 cm³/mol. The third kappa shape index (κ3) is 4.57. The Hall–Kier alpha value is -3.47. The first-order chi connectivity index (χ1) is 15.5. The van der Waals surface area contributed by atoms with Crippen LogP contribution in [0, 0.1) is 12.3 Å². The van der Waals surface area contributed by atoms with Gasteiger partial charge >= 0.3 is 0 Å². The summed E-state index contributed by atoms with van der Waals surface area (Å²) >= 11 is 0. The Labute approximate surface area is 189 Å². The average Bonchev–Trinajstić information content (AvgIpc) is 3.25. The molecule has 1 saturated heterocycles. The molecule has 164 valence electrons. The molecular weight excluding hydrogens is 398 g/mol. The van der Waals surface area contributed by atoms with Crippen molar-refractivity contribution in [3.8, 4) is 11.1 Å². The Morgan fingerprint density at radius 3 is 2.69 bits per heavy atom. The van der Waals surface area contributed by atoms with Crippen molar-refractivity contribution in [2.75, 3.05) is 20.1 Å². The zero-order valence-electron chi connectivity index (χ0n) is 18.7. The van der Waals surface area contributed by atoms with Crippen molar-refractivity contribution >= 4 is 11.8 Å². The Balaban J connectivity index is 1.59. The van der Waals surface area contributed by atoms with Crippen molar-refractivity contribution < 1.29 is 9.59 Å². The van der Waals surface area contributed by atoms with E-state index in [0.29, 0.717) is 32.4 Å². The van der Waals surface area contributed by atoms with Crippen LogP contribution in [-0.4, -0.2) is 41.8 Å². The van der Waals surface area contributed by atoms with Crippen LogP contribution >= 0.6 is 0 Å². The number of pyridine rings is 1. The number of hydrogen-bond acceptors (Lipinski definition) is 3. The minimum absolute atomic E-state index is 0.00627. The number of hydrogen-bond donors (Lipinski definition) is 1. The fourth-order valence-electron chi connectivity index (χ4n) is 4.68. The third-order valence-corrected chi connectivity index (χ3v) is 6.37. The van der Waals surface area contributed by atoms with Gasteiger partial charge < -0.3 is 10.2 Å². The first-order valence-corrected chi connectivity index (χ1v) is 11.0.